The molecule has 3 aromatic carbocycles. The summed E-state index contributed by atoms with van der Waals surface area (Å²) in [6.45, 7) is 2.51. The first-order valence-electron chi connectivity index (χ1n) is 8.03. The van der Waals surface area contributed by atoms with Crippen LogP contribution in [-0.2, 0) is 6.61 Å². The van der Waals surface area contributed by atoms with E-state index in [4.69, 9.17) is 16.3 Å². The molecule has 0 heterocycles. The molecule has 0 saturated heterocycles. The molecule has 3 nitrogen and oxygen atoms in total. The smallest absolute Gasteiger partial charge is 0.120 e. The van der Waals surface area contributed by atoms with Crippen molar-refractivity contribution in [1.82, 2.24) is 0 Å². The van der Waals surface area contributed by atoms with Crippen molar-refractivity contribution in [3.05, 3.63) is 94.5 Å². The van der Waals surface area contributed by atoms with E-state index in [0.29, 0.717) is 6.61 Å². The zero-order valence-electron chi connectivity index (χ0n) is 13.9. The van der Waals surface area contributed by atoms with E-state index in [1.165, 1.54) is 0 Å². The molecular formula is C21H19ClN2O. The first kappa shape index (κ1) is 17.1. The second-order valence-electron chi connectivity index (χ2n) is 5.68. The lowest BCUT2D eigenvalue weighted by atomic mass is 10.2. The molecular weight excluding hydrogens is 332 g/mol. The quantitative estimate of drug-likeness (QED) is 0.458. The van der Waals surface area contributed by atoms with Crippen LogP contribution in [0.1, 0.15) is 16.7 Å². The first-order chi connectivity index (χ1) is 12.2. The Kier molecular flexibility index (Phi) is 5.70. The summed E-state index contributed by atoms with van der Waals surface area (Å²) < 4.78 is 5.83. The Hall–Kier alpha value is -2.78. The molecule has 3 rings (SSSR count). The Morgan fingerprint density at radius 1 is 1.00 bits per heavy atom. The Morgan fingerprint density at radius 3 is 2.64 bits per heavy atom. The van der Waals surface area contributed by atoms with Crippen LogP contribution in [0.4, 0.5) is 5.69 Å². The van der Waals surface area contributed by atoms with Crippen molar-refractivity contribution in [2.75, 3.05) is 5.43 Å². The number of aryl methyl sites for hydroxylation is 1. The molecule has 0 atom stereocenters. The molecule has 4 heteroatoms. The van der Waals surface area contributed by atoms with Crippen LogP contribution < -0.4 is 10.2 Å². The molecule has 0 saturated carbocycles. The topological polar surface area (TPSA) is 33.6 Å². The summed E-state index contributed by atoms with van der Waals surface area (Å²) in [6, 6.07) is 23.7. The Morgan fingerprint density at radius 2 is 1.84 bits per heavy atom. The minimum Gasteiger partial charge on any atom is -0.489 e. The number of hydrogen-bond donors (Lipinski definition) is 1. The second-order valence-corrected chi connectivity index (χ2v) is 6.09. The van der Waals surface area contributed by atoms with Crippen LogP contribution in [-0.4, -0.2) is 6.21 Å². The number of anilines is 1. The van der Waals surface area contributed by atoms with Crippen molar-refractivity contribution in [2.45, 2.75) is 13.5 Å². The number of halogens is 1. The fourth-order valence-corrected chi connectivity index (χ4v) is 2.45. The molecule has 25 heavy (non-hydrogen) atoms. The van der Waals surface area contributed by atoms with Crippen molar-refractivity contribution < 1.29 is 4.74 Å². The van der Waals surface area contributed by atoms with Gasteiger partial charge in [0, 0.05) is 5.02 Å². The molecule has 1 N–H and O–H groups in total. The van der Waals surface area contributed by atoms with Gasteiger partial charge < -0.3 is 4.74 Å². The van der Waals surface area contributed by atoms with Crippen molar-refractivity contribution in [1.29, 1.82) is 0 Å². The van der Waals surface area contributed by atoms with Crippen LogP contribution in [0, 0.1) is 6.92 Å². The highest BCUT2D eigenvalue weighted by Gasteiger charge is 1.98. The summed E-state index contributed by atoms with van der Waals surface area (Å²) in [5, 5.41) is 4.97. The monoisotopic (exact) mass is 350 g/mol. The lowest BCUT2D eigenvalue weighted by molar-refractivity contribution is 0.306. The third-order valence-corrected chi connectivity index (χ3v) is 4.09. The lowest BCUT2D eigenvalue weighted by Crippen LogP contribution is -1.96. The van der Waals surface area contributed by atoms with Gasteiger partial charge in [0.1, 0.15) is 12.4 Å². The highest BCUT2D eigenvalue weighted by atomic mass is 35.5. The molecule has 0 aliphatic rings. The summed E-state index contributed by atoms with van der Waals surface area (Å²) in [7, 11) is 0. The zero-order chi connectivity index (χ0) is 17.5. The molecule has 0 bridgehead atoms. The average Bonchev–Trinajstić information content (AvgIpc) is 2.64. The van der Waals surface area contributed by atoms with Crippen molar-refractivity contribution in [2.24, 2.45) is 5.10 Å². The molecule has 0 aliphatic heterocycles. The molecule has 0 aliphatic carbocycles. The average molecular weight is 351 g/mol. The minimum absolute atomic E-state index is 0.543. The van der Waals surface area contributed by atoms with Gasteiger partial charge in [-0.2, -0.15) is 5.10 Å². The van der Waals surface area contributed by atoms with Gasteiger partial charge in [-0.1, -0.05) is 60.1 Å². The van der Waals surface area contributed by atoms with Crippen LogP contribution in [0.3, 0.4) is 0 Å². The number of nitrogens with zero attached hydrogens (tertiary/aromatic N) is 1. The third-order valence-electron chi connectivity index (χ3n) is 3.69. The van der Waals surface area contributed by atoms with Crippen LogP contribution in [0.5, 0.6) is 5.75 Å². The van der Waals surface area contributed by atoms with Crippen molar-refractivity contribution >= 4 is 23.5 Å². The van der Waals surface area contributed by atoms with Gasteiger partial charge in [0.2, 0.25) is 0 Å². The predicted molar refractivity (Wildman–Crippen MR) is 105 cm³/mol. The summed E-state index contributed by atoms with van der Waals surface area (Å²) in [6.07, 6.45) is 1.75. The number of rotatable bonds is 6. The largest absolute Gasteiger partial charge is 0.489 e. The van der Waals surface area contributed by atoms with Crippen molar-refractivity contribution in [3.63, 3.8) is 0 Å². The highest BCUT2D eigenvalue weighted by Crippen LogP contribution is 2.20. The fraction of sp³-hybridized carbons (Fsp3) is 0.0952. The summed E-state index contributed by atoms with van der Waals surface area (Å²) >= 11 is 6.11. The maximum Gasteiger partial charge on any atom is 0.120 e. The lowest BCUT2D eigenvalue weighted by Gasteiger charge is -2.07. The standard InChI is InChI=1S/C21H19ClN2O/c1-16-10-11-19(13-21(16)22)24-23-14-18-8-5-9-20(12-18)25-15-17-6-3-2-4-7-17/h2-14,24H,15H2,1H3/b23-14+. The minimum atomic E-state index is 0.543. The van der Waals surface area contributed by atoms with Gasteiger partial charge >= 0.3 is 0 Å². The van der Waals surface area contributed by atoms with Gasteiger partial charge in [-0.3, -0.25) is 5.43 Å². The molecule has 0 spiro atoms. The van der Waals surface area contributed by atoms with Crippen LogP contribution in [0.25, 0.3) is 0 Å². The van der Waals surface area contributed by atoms with Crippen LogP contribution in [0.15, 0.2) is 77.9 Å². The normalized spacial score (nSPS) is 10.8. The molecule has 0 radical (unpaired) electrons. The first-order valence-corrected chi connectivity index (χ1v) is 8.40. The van der Waals surface area contributed by atoms with E-state index in [2.05, 4.69) is 10.5 Å². The molecule has 0 amide bonds. The number of hydrazone groups is 1. The van der Waals surface area contributed by atoms with E-state index in [0.717, 1.165) is 33.1 Å². The molecule has 3 aromatic rings. The van der Waals surface area contributed by atoms with E-state index in [1.807, 2.05) is 79.7 Å². The summed E-state index contributed by atoms with van der Waals surface area (Å²) in [5.74, 6) is 0.811. The van der Waals surface area contributed by atoms with Crippen LogP contribution >= 0.6 is 11.6 Å². The maximum absolute atomic E-state index is 6.11. The second kappa shape index (κ2) is 8.36. The van der Waals surface area contributed by atoms with Crippen LogP contribution in [0.2, 0.25) is 5.02 Å². The number of hydrogen-bond acceptors (Lipinski definition) is 3. The van der Waals surface area contributed by atoms with E-state index < -0.39 is 0 Å². The third kappa shape index (κ3) is 5.10. The van der Waals surface area contributed by atoms with Gasteiger partial charge in [0.05, 0.1) is 11.9 Å². The Balaban J connectivity index is 1.60. The van der Waals surface area contributed by atoms with Gasteiger partial charge in [0.15, 0.2) is 0 Å². The molecule has 0 unspecified atom stereocenters. The number of nitrogens with one attached hydrogen (secondary N) is 1. The van der Waals surface area contributed by atoms with E-state index in [-0.39, 0.29) is 0 Å². The molecule has 0 fully saturated rings. The van der Waals surface area contributed by atoms with Gasteiger partial charge in [-0.25, -0.2) is 0 Å². The highest BCUT2D eigenvalue weighted by molar-refractivity contribution is 6.31. The predicted octanol–water partition coefficient (Wildman–Crippen LogP) is 5.67. The zero-order valence-corrected chi connectivity index (χ0v) is 14.7. The number of ether oxygens (including phenoxy) is 1. The van der Waals surface area contributed by atoms with Gasteiger partial charge in [-0.15, -0.1) is 0 Å². The fourth-order valence-electron chi connectivity index (χ4n) is 2.27. The molecule has 0 aromatic heterocycles. The number of benzene rings is 3. The van der Waals surface area contributed by atoms with Gasteiger partial charge in [-0.05, 0) is 47.9 Å². The van der Waals surface area contributed by atoms with E-state index in [9.17, 15) is 0 Å². The Bertz CT molecular complexity index is 863. The SMILES string of the molecule is Cc1ccc(N/N=C/c2cccc(OCc3ccccc3)c2)cc1Cl. The Labute approximate surface area is 152 Å². The summed E-state index contributed by atoms with van der Waals surface area (Å²) in [4.78, 5) is 0. The maximum atomic E-state index is 6.11. The van der Waals surface area contributed by atoms with Crippen molar-refractivity contribution in [3.8, 4) is 5.75 Å². The summed E-state index contributed by atoms with van der Waals surface area (Å²) in [5.41, 5.74) is 6.97. The van der Waals surface area contributed by atoms with E-state index >= 15 is 0 Å². The van der Waals surface area contributed by atoms with E-state index in [1.54, 1.807) is 6.21 Å². The van der Waals surface area contributed by atoms with Gasteiger partial charge in [0.25, 0.3) is 0 Å². The molecule has 126 valence electrons.